The molecule has 0 radical (unpaired) electrons. The van der Waals surface area contributed by atoms with Gasteiger partial charge in [-0.2, -0.15) is 0 Å². The molecule has 0 unspecified atom stereocenters. The number of halogens is 1. The molecule has 1 aromatic heterocycles. The number of rotatable bonds is 3. The molecule has 0 bridgehead atoms. The highest BCUT2D eigenvalue weighted by Gasteiger charge is 2.30. The zero-order chi connectivity index (χ0) is 15.6. The van der Waals surface area contributed by atoms with Crippen LogP contribution < -0.4 is 4.73 Å². The van der Waals surface area contributed by atoms with Gasteiger partial charge in [-0.15, -0.1) is 4.73 Å². The fourth-order valence-corrected chi connectivity index (χ4v) is 2.02. The molecule has 2 rings (SSSR count). The van der Waals surface area contributed by atoms with Gasteiger partial charge in [-0.1, -0.05) is 12.1 Å². The lowest BCUT2D eigenvalue weighted by Crippen LogP contribution is -2.32. The number of methoxy groups -OCH3 is 1. The zero-order valence-corrected chi connectivity index (χ0v) is 11.5. The van der Waals surface area contributed by atoms with Crippen LogP contribution in [0.25, 0.3) is 11.3 Å². The summed E-state index contributed by atoms with van der Waals surface area (Å²) in [7, 11) is 1.18. The van der Waals surface area contributed by atoms with E-state index in [-0.39, 0.29) is 26.7 Å². The lowest BCUT2D eigenvalue weighted by Gasteiger charge is -2.09. The van der Waals surface area contributed by atoms with Gasteiger partial charge in [0.05, 0.1) is 23.2 Å². The minimum Gasteiger partial charge on any atom is -0.617 e. The van der Waals surface area contributed by atoms with Gasteiger partial charge in [-0.25, -0.2) is 4.79 Å². The molecule has 0 atom stereocenters. The van der Waals surface area contributed by atoms with Crippen LogP contribution >= 0.6 is 11.6 Å². The molecule has 2 aromatic rings. The SMILES string of the molecule is COC(=O)c1ccccc1-c1c([N+](=O)[O-])ccc(Cl)[n+]1[O-]. The molecule has 7 nitrogen and oxygen atoms in total. The van der Waals surface area contributed by atoms with Crippen LogP contribution in [0.3, 0.4) is 0 Å². The Morgan fingerprint density at radius 2 is 1.95 bits per heavy atom. The van der Waals surface area contributed by atoms with Gasteiger partial charge < -0.3 is 9.94 Å². The number of nitro groups is 1. The second-order valence-electron chi connectivity index (χ2n) is 3.98. The van der Waals surface area contributed by atoms with Gasteiger partial charge in [-0.3, -0.25) is 10.1 Å². The molecule has 0 amide bonds. The van der Waals surface area contributed by atoms with Crippen molar-refractivity contribution >= 4 is 23.3 Å². The van der Waals surface area contributed by atoms with Crippen LogP contribution in [0.5, 0.6) is 0 Å². The maximum absolute atomic E-state index is 12.1. The van der Waals surface area contributed by atoms with E-state index in [2.05, 4.69) is 4.74 Å². The van der Waals surface area contributed by atoms with Crippen molar-refractivity contribution in [1.29, 1.82) is 0 Å². The molecule has 0 aliphatic heterocycles. The first-order valence-corrected chi connectivity index (χ1v) is 6.09. The lowest BCUT2D eigenvalue weighted by atomic mass is 10.0. The third kappa shape index (κ3) is 2.63. The predicted molar refractivity (Wildman–Crippen MR) is 73.8 cm³/mol. The van der Waals surface area contributed by atoms with Gasteiger partial charge in [0.25, 0.3) is 5.15 Å². The summed E-state index contributed by atoms with van der Waals surface area (Å²) in [5, 5.41) is 22.9. The Hall–Kier alpha value is -2.67. The van der Waals surface area contributed by atoms with Crippen molar-refractivity contribution in [1.82, 2.24) is 0 Å². The zero-order valence-electron chi connectivity index (χ0n) is 10.8. The number of pyridine rings is 1. The Bertz CT molecular complexity index is 732. The summed E-state index contributed by atoms with van der Waals surface area (Å²) >= 11 is 5.72. The van der Waals surface area contributed by atoms with Gasteiger partial charge in [0.15, 0.2) is 0 Å². The minimum atomic E-state index is -0.714. The fraction of sp³-hybridized carbons (Fsp3) is 0.0769. The van der Waals surface area contributed by atoms with Crippen LogP contribution in [0, 0.1) is 15.3 Å². The molecule has 8 heteroatoms. The fourth-order valence-electron chi connectivity index (χ4n) is 1.88. The molecule has 0 spiro atoms. The predicted octanol–water partition coefficient (Wildman–Crippen LogP) is 2.34. The highest BCUT2D eigenvalue weighted by atomic mass is 35.5. The van der Waals surface area contributed by atoms with E-state index in [0.29, 0.717) is 0 Å². The molecule has 0 N–H and O–H groups in total. The summed E-state index contributed by atoms with van der Waals surface area (Å²) < 4.78 is 4.83. The van der Waals surface area contributed by atoms with Crippen molar-refractivity contribution in [3.05, 3.63) is 62.4 Å². The van der Waals surface area contributed by atoms with Crippen LogP contribution in [-0.4, -0.2) is 18.0 Å². The average molecular weight is 309 g/mol. The van der Waals surface area contributed by atoms with Crippen molar-refractivity contribution in [2.24, 2.45) is 0 Å². The Kier molecular flexibility index (Phi) is 4.04. The Balaban J connectivity index is 2.81. The normalized spacial score (nSPS) is 10.2. The molecular weight excluding hydrogens is 300 g/mol. The topological polar surface area (TPSA) is 96.4 Å². The summed E-state index contributed by atoms with van der Waals surface area (Å²) in [6.07, 6.45) is 0. The monoisotopic (exact) mass is 308 g/mol. The van der Waals surface area contributed by atoms with E-state index in [1.54, 1.807) is 12.1 Å². The molecule has 1 heterocycles. The summed E-state index contributed by atoms with van der Waals surface area (Å²) in [4.78, 5) is 22.1. The summed E-state index contributed by atoms with van der Waals surface area (Å²) in [5.74, 6) is -0.708. The van der Waals surface area contributed by atoms with Crippen LogP contribution in [0.15, 0.2) is 36.4 Å². The molecule has 108 valence electrons. The number of hydrogen-bond acceptors (Lipinski definition) is 5. The van der Waals surface area contributed by atoms with Gasteiger partial charge >= 0.3 is 17.4 Å². The van der Waals surface area contributed by atoms with E-state index >= 15 is 0 Å². The first-order chi connectivity index (χ1) is 9.97. The first kappa shape index (κ1) is 14.7. The number of esters is 1. The number of nitrogens with zero attached hydrogens (tertiary/aromatic N) is 2. The van der Waals surface area contributed by atoms with E-state index in [4.69, 9.17) is 11.6 Å². The number of carbonyl (C=O) groups excluding carboxylic acids is 1. The third-order valence-electron chi connectivity index (χ3n) is 2.80. The third-order valence-corrected chi connectivity index (χ3v) is 3.08. The first-order valence-electron chi connectivity index (χ1n) is 5.71. The molecule has 0 saturated heterocycles. The van der Waals surface area contributed by atoms with Crippen LogP contribution in [0.2, 0.25) is 5.15 Å². The molecule has 1 aromatic carbocycles. The van der Waals surface area contributed by atoms with E-state index < -0.39 is 16.6 Å². The molecular formula is C13H9ClN2O5. The van der Waals surface area contributed by atoms with Crippen LogP contribution in [0.1, 0.15) is 10.4 Å². The van der Waals surface area contributed by atoms with Gasteiger partial charge in [0.1, 0.15) is 0 Å². The quantitative estimate of drug-likeness (QED) is 0.216. The number of ether oxygens (including phenoxy) is 1. The van der Waals surface area contributed by atoms with Gasteiger partial charge in [-0.05, 0) is 23.7 Å². The molecule has 21 heavy (non-hydrogen) atoms. The molecule has 0 aliphatic rings. The largest absolute Gasteiger partial charge is 0.617 e. The maximum atomic E-state index is 12.1. The van der Waals surface area contributed by atoms with Crippen molar-refractivity contribution in [2.75, 3.05) is 7.11 Å². The smallest absolute Gasteiger partial charge is 0.342 e. The van der Waals surface area contributed by atoms with Gasteiger partial charge in [0, 0.05) is 12.1 Å². The van der Waals surface area contributed by atoms with Crippen molar-refractivity contribution in [3.8, 4) is 11.3 Å². The maximum Gasteiger partial charge on any atom is 0.342 e. The van der Waals surface area contributed by atoms with Crippen molar-refractivity contribution < 1.29 is 19.2 Å². The Labute approximate surface area is 124 Å². The number of hydrogen-bond donors (Lipinski definition) is 0. The second kappa shape index (κ2) is 5.76. The standard InChI is InChI=1S/C13H9ClN2O5/c1-21-13(17)9-5-3-2-4-8(9)12-10(16(19)20)6-7-11(14)15(12)18/h2-7H,1H3. The van der Waals surface area contributed by atoms with Crippen molar-refractivity contribution in [2.45, 2.75) is 0 Å². The van der Waals surface area contributed by atoms with E-state index in [1.165, 1.54) is 19.2 Å². The minimum absolute atomic E-state index is 0.0370. The molecule has 0 saturated carbocycles. The van der Waals surface area contributed by atoms with E-state index in [0.717, 1.165) is 12.1 Å². The number of aromatic nitrogens is 1. The molecule has 0 fully saturated rings. The average Bonchev–Trinajstić information content (AvgIpc) is 2.48. The Morgan fingerprint density at radius 1 is 1.29 bits per heavy atom. The summed E-state index contributed by atoms with van der Waals surface area (Å²) in [6.45, 7) is 0. The lowest BCUT2D eigenvalue weighted by molar-refractivity contribution is -0.595. The van der Waals surface area contributed by atoms with E-state index in [9.17, 15) is 20.1 Å². The second-order valence-corrected chi connectivity index (χ2v) is 4.37. The molecule has 0 aliphatic carbocycles. The van der Waals surface area contributed by atoms with E-state index in [1.807, 2.05) is 0 Å². The van der Waals surface area contributed by atoms with Gasteiger partial charge in [0.2, 0.25) is 0 Å². The number of carbonyl (C=O) groups is 1. The summed E-state index contributed by atoms with van der Waals surface area (Å²) in [5.41, 5.74) is -0.650. The van der Waals surface area contributed by atoms with Crippen LogP contribution in [-0.2, 0) is 4.74 Å². The summed E-state index contributed by atoms with van der Waals surface area (Å²) in [6, 6.07) is 8.16. The highest BCUT2D eigenvalue weighted by Crippen LogP contribution is 2.30. The Morgan fingerprint density at radius 3 is 2.57 bits per heavy atom. The number of benzene rings is 1. The van der Waals surface area contributed by atoms with Crippen LogP contribution in [0.4, 0.5) is 5.69 Å². The van der Waals surface area contributed by atoms with Crippen molar-refractivity contribution in [3.63, 3.8) is 0 Å². The highest BCUT2D eigenvalue weighted by molar-refractivity contribution is 6.28.